The second-order valence-corrected chi connectivity index (χ2v) is 4.59. The molecule has 0 spiro atoms. The highest BCUT2D eigenvalue weighted by molar-refractivity contribution is 5.81. The summed E-state index contributed by atoms with van der Waals surface area (Å²) in [6.45, 7) is 3.81. The number of nitrogens with zero attached hydrogens (tertiary/aromatic N) is 3. The van der Waals surface area contributed by atoms with Crippen molar-refractivity contribution in [3.05, 3.63) is 0 Å². The summed E-state index contributed by atoms with van der Waals surface area (Å²) < 4.78 is 0. The lowest BCUT2D eigenvalue weighted by atomic mass is 10.3. The van der Waals surface area contributed by atoms with E-state index in [2.05, 4.69) is 5.32 Å². The topological polar surface area (TPSA) is 55.9 Å². The normalized spacial score (nSPS) is 16.1. The lowest BCUT2D eigenvalue weighted by Gasteiger charge is -2.29. The first kappa shape index (κ1) is 13.9. The summed E-state index contributed by atoms with van der Waals surface area (Å²) in [5, 5.41) is 3.20. The van der Waals surface area contributed by atoms with E-state index in [1.807, 2.05) is 4.90 Å². The number of likely N-dealkylation sites (N-methyl/N-ethyl adjacent to an activating group) is 2. The van der Waals surface area contributed by atoms with Crippen molar-refractivity contribution in [2.75, 3.05) is 60.4 Å². The fourth-order valence-electron chi connectivity index (χ4n) is 1.67. The van der Waals surface area contributed by atoms with Gasteiger partial charge in [-0.1, -0.05) is 0 Å². The quantitative estimate of drug-likeness (QED) is 0.648. The molecule has 0 bridgehead atoms. The van der Waals surface area contributed by atoms with E-state index >= 15 is 0 Å². The zero-order valence-corrected chi connectivity index (χ0v) is 10.9. The summed E-state index contributed by atoms with van der Waals surface area (Å²) in [4.78, 5) is 28.5. The van der Waals surface area contributed by atoms with Gasteiger partial charge in [0, 0.05) is 40.3 Å². The number of hydrogen-bond donors (Lipinski definition) is 1. The summed E-state index contributed by atoms with van der Waals surface area (Å²) >= 11 is 0. The Labute approximate surface area is 103 Å². The number of amides is 2. The molecule has 6 nitrogen and oxygen atoms in total. The SMILES string of the molecule is CN(CC(=O)N(C)C)CC(=O)N1CCNCC1. The molecule has 0 radical (unpaired) electrons. The van der Waals surface area contributed by atoms with Crippen LogP contribution in [-0.4, -0.2) is 86.9 Å². The van der Waals surface area contributed by atoms with E-state index < -0.39 is 0 Å². The summed E-state index contributed by atoms with van der Waals surface area (Å²) in [6, 6.07) is 0. The molecule has 0 aromatic rings. The number of carbonyl (C=O) groups excluding carboxylic acids is 2. The van der Waals surface area contributed by atoms with Crippen LogP contribution in [0.2, 0.25) is 0 Å². The molecule has 0 atom stereocenters. The summed E-state index contributed by atoms with van der Waals surface area (Å²) in [7, 11) is 5.23. The Balaban J connectivity index is 2.32. The van der Waals surface area contributed by atoms with Crippen molar-refractivity contribution in [1.29, 1.82) is 0 Å². The van der Waals surface area contributed by atoms with E-state index in [0.29, 0.717) is 6.54 Å². The van der Waals surface area contributed by atoms with Gasteiger partial charge in [0.1, 0.15) is 0 Å². The van der Waals surface area contributed by atoms with Crippen LogP contribution in [0.1, 0.15) is 0 Å². The smallest absolute Gasteiger partial charge is 0.236 e. The highest BCUT2D eigenvalue weighted by atomic mass is 16.2. The van der Waals surface area contributed by atoms with Crippen LogP contribution in [-0.2, 0) is 9.59 Å². The second kappa shape index (κ2) is 6.56. The van der Waals surface area contributed by atoms with Crippen molar-refractivity contribution < 1.29 is 9.59 Å². The monoisotopic (exact) mass is 242 g/mol. The van der Waals surface area contributed by atoms with Gasteiger partial charge in [0.15, 0.2) is 0 Å². The zero-order chi connectivity index (χ0) is 12.8. The average Bonchev–Trinajstić information content (AvgIpc) is 2.29. The molecule has 0 saturated carbocycles. The Morgan fingerprint density at radius 1 is 1.12 bits per heavy atom. The molecule has 2 amide bonds. The summed E-state index contributed by atoms with van der Waals surface area (Å²) in [5.41, 5.74) is 0. The summed E-state index contributed by atoms with van der Waals surface area (Å²) in [5.74, 6) is 0.112. The largest absolute Gasteiger partial charge is 0.348 e. The van der Waals surface area contributed by atoms with E-state index in [0.717, 1.165) is 26.2 Å². The fourth-order valence-corrected chi connectivity index (χ4v) is 1.67. The average molecular weight is 242 g/mol. The fraction of sp³-hybridized carbons (Fsp3) is 0.818. The third-order valence-corrected chi connectivity index (χ3v) is 2.78. The molecule has 1 saturated heterocycles. The Morgan fingerprint density at radius 3 is 2.24 bits per heavy atom. The predicted molar refractivity (Wildman–Crippen MR) is 65.6 cm³/mol. The van der Waals surface area contributed by atoms with Crippen molar-refractivity contribution in [3.8, 4) is 0 Å². The standard InChI is InChI=1S/C11H22N4O2/c1-13(2)10(16)8-14(3)9-11(17)15-6-4-12-5-7-15/h12H,4-9H2,1-3H3. The minimum atomic E-state index is 0.0145. The van der Waals surface area contributed by atoms with Crippen molar-refractivity contribution in [2.45, 2.75) is 0 Å². The Morgan fingerprint density at radius 2 is 1.71 bits per heavy atom. The van der Waals surface area contributed by atoms with Gasteiger partial charge in [0.05, 0.1) is 13.1 Å². The van der Waals surface area contributed by atoms with Gasteiger partial charge in [-0.3, -0.25) is 14.5 Å². The van der Waals surface area contributed by atoms with Crippen molar-refractivity contribution in [1.82, 2.24) is 20.0 Å². The van der Waals surface area contributed by atoms with Crippen LogP contribution in [0.5, 0.6) is 0 Å². The predicted octanol–water partition coefficient (Wildman–Crippen LogP) is -1.56. The van der Waals surface area contributed by atoms with Crippen molar-refractivity contribution in [3.63, 3.8) is 0 Å². The Hall–Kier alpha value is -1.14. The van der Waals surface area contributed by atoms with Gasteiger partial charge in [-0.05, 0) is 7.05 Å². The molecule has 98 valence electrons. The van der Waals surface area contributed by atoms with Gasteiger partial charge < -0.3 is 15.1 Å². The van der Waals surface area contributed by atoms with Crippen molar-refractivity contribution >= 4 is 11.8 Å². The summed E-state index contributed by atoms with van der Waals surface area (Å²) in [6.07, 6.45) is 0. The first-order valence-corrected chi connectivity index (χ1v) is 5.88. The Kier molecular flexibility index (Phi) is 5.37. The molecule has 1 N–H and O–H groups in total. The molecule has 1 aliphatic heterocycles. The molecule has 1 rings (SSSR count). The minimum Gasteiger partial charge on any atom is -0.348 e. The maximum atomic E-state index is 11.9. The number of carbonyl (C=O) groups is 2. The van der Waals surface area contributed by atoms with Crippen LogP contribution < -0.4 is 5.32 Å². The Bertz CT molecular complexity index is 275. The van der Waals surface area contributed by atoms with Crippen LogP contribution in [0, 0.1) is 0 Å². The maximum Gasteiger partial charge on any atom is 0.236 e. The van der Waals surface area contributed by atoms with E-state index in [1.54, 1.807) is 26.0 Å². The van der Waals surface area contributed by atoms with Gasteiger partial charge in [0.25, 0.3) is 0 Å². The number of rotatable bonds is 4. The molecule has 0 aromatic heterocycles. The molecule has 6 heteroatoms. The molecule has 1 heterocycles. The van der Waals surface area contributed by atoms with Crippen LogP contribution in [0.25, 0.3) is 0 Å². The second-order valence-electron chi connectivity index (χ2n) is 4.59. The third kappa shape index (κ3) is 4.70. The third-order valence-electron chi connectivity index (χ3n) is 2.78. The lowest BCUT2D eigenvalue weighted by Crippen LogP contribution is -2.49. The van der Waals surface area contributed by atoms with Crippen molar-refractivity contribution in [2.24, 2.45) is 0 Å². The number of piperazine rings is 1. The highest BCUT2D eigenvalue weighted by Gasteiger charge is 2.18. The van der Waals surface area contributed by atoms with Crippen LogP contribution >= 0.6 is 0 Å². The molecule has 0 aromatic carbocycles. The van der Waals surface area contributed by atoms with E-state index in [9.17, 15) is 9.59 Å². The van der Waals surface area contributed by atoms with Gasteiger partial charge >= 0.3 is 0 Å². The molecule has 17 heavy (non-hydrogen) atoms. The van der Waals surface area contributed by atoms with Crippen LogP contribution in [0.3, 0.4) is 0 Å². The minimum absolute atomic E-state index is 0.0145. The molecular weight excluding hydrogens is 220 g/mol. The van der Waals surface area contributed by atoms with Gasteiger partial charge in [-0.25, -0.2) is 0 Å². The number of nitrogens with one attached hydrogen (secondary N) is 1. The first-order valence-electron chi connectivity index (χ1n) is 5.88. The van der Waals surface area contributed by atoms with Crippen LogP contribution in [0.4, 0.5) is 0 Å². The van der Waals surface area contributed by atoms with Crippen LogP contribution in [0.15, 0.2) is 0 Å². The molecule has 1 fully saturated rings. The molecule has 1 aliphatic rings. The van der Waals surface area contributed by atoms with Gasteiger partial charge in [0.2, 0.25) is 11.8 Å². The maximum absolute atomic E-state index is 11.9. The number of hydrogen-bond acceptors (Lipinski definition) is 4. The zero-order valence-electron chi connectivity index (χ0n) is 10.9. The van der Waals surface area contributed by atoms with E-state index in [1.165, 1.54) is 4.90 Å². The first-order chi connectivity index (χ1) is 8.00. The van der Waals surface area contributed by atoms with E-state index in [4.69, 9.17) is 0 Å². The molecule has 0 aliphatic carbocycles. The lowest BCUT2D eigenvalue weighted by molar-refractivity contribution is -0.134. The molecule has 0 unspecified atom stereocenters. The highest BCUT2D eigenvalue weighted by Crippen LogP contribution is 1.96. The van der Waals surface area contributed by atoms with Gasteiger partial charge in [-0.15, -0.1) is 0 Å². The molecular formula is C11H22N4O2. The van der Waals surface area contributed by atoms with Gasteiger partial charge in [-0.2, -0.15) is 0 Å². The van der Waals surface area contributed by atoms with E-state index in [-0.39, 0.29) is 18.4 Å².